The summed E-state index contributed by atoms with van der Waals surface area (Å²) < 4.78 is 0.575. The highest BCUT2D eigenvalue weighted by Gasteiger charge is 1.85. The van der Waals surface area contributed by atoms with E-state index in [1.165, 1.54) is 0 Å². The number of thiocarbonyl (C=S) groups is 1. The number of thiol groups is 1. The first-order chi connectivity index (χ1) is 4.27. The zero-order valence-electron chi connectivity index (χ0n) is 5.48. The van der Waals surface area contributed by atoms with Crippen LogP contribution in [0.1, 0.15) is 6.42 Å². The van der Waals surface area contributed by atoms with Crippen molar-refractivity contribution < 1.29 is 0 Å². The summed E-state index contributed by atoms with van der Waals surface area (Å²) in [7, 11) is 1.93. The number of nitrogens with one attached hydrogen (secondary N) is 2. The second-order valence-corrected chi connectivity index (χ2v) is 2.85. The van der Waals surface area contributed by atoms with Crippen LogP contribution in [0.3, 0.4) is 0 Å². The lowest BCUT2D eigenvalue weighted by atomic mass is 10.4. The molecule has 0 aromatic carbocycles. The van der Waals surface area contributed by atoms with Crippen molar-refractivity contribution in [3.8, 4) is 0 Å². The Bertz CT molecular complexity index is 85.0. The van der Waals surface area contributed by atoms with Gasteiger partial charge in [0.05, 0.1) is 0 Å². The molecule has 0 fully saturated rings. The van der Waals surface area contributed by atoms with Crippen molar-refractivity contribution in [1.29, 1.82) is 0 Å². The van der Waals surface area contributed by atoms with Crippen molar-refractivity contribution in [1.82, 2.24) is 10.6 Å². The van der Waals surface area contributed by atoms with Crippen LogP contribution in [0.4, 0.5) is 0 Å². The van der Waals surface area contributed by atoms with E-state index in [1.807, 2.05) is 7.05 Å². The van der Waals surface area contributed by atoms with Crippen molar-refractivity contribution in [3.05, 3.63) is 0 Å². The first kappa shape index (κ1) is 9.20. The lowest BCUT2D eigenvalue weighted by Crippen LogP contribution is -2.21. The average molecular weight is 164 g/mol. The second kappa shape index (κ2) is 6.32. The summed E-state index contributed by atoms with van der Waals surface area (Å²) in [4.78, 5) is 0. The monoisotopic (exact) mass is 164 g/mol. The van der Waals surface area contributed by atoms with E-state index < -0.39 is 0 Å². The molecule has 0 saturated heterocycles. The van der Waals surface area contributed by atoms with Gasteiger partial charge in [-0.05, 0) is 20.0 Å². The van der Waals surface area contributed by atoms with Crippen LogP contribution in [-0.4, -0.2) is 24.5 Å². The summed E-state index contributed by atoms with van der Waals surface area (Å²) in [6.45, 7) is 1.92. The van der Waals surface area contributed by atoms with Crippen molar-refractivity contribution in [2.75, 3.05) is 20.1 Å². The molecular weight excluding hydrogens is 152 g/mol. The van der Waals surface area contributed by atoms with E-state index >= 15 is 0 Å². The molecule has 4 heteroatoms. The van der Waals surface area contributed by atoms with Gasteiger partial charge in [0.1, 0.15) is 4.32 Å². The molecule has 0 rings (SSSR count). The molecule has 54 valence electrons. The molecule has 0 heterocycles. The normalized spacial score (nSPS) is 9.11. The van der Waals surface area contributed by atoms with Crippen molar-refractivity contribution in [2.45, 2.75) is 6.42 Å². The Morgan fingerprint density at radius 3 is 2.67 bits per heavy atom. The minimum absolute atomic E-state index is 0.575. The Labute approximate surface area is 66.8 Å². The summed E-state index contributed by atoms with van der Waals surface area (Å²) in [6.07, 6.45) is 1.08. The standard InChI is InChI=1S/C5H12N2S2/c1-6-3-2-4-7-5(8)9/h6H,2-4H2,1H3,(H2,7,8,9). The van der Waals surface area contributed by atoms with Gasteiger partial charge in [-0.3, -0.25) is 0 Å². The van der Waals surface area contributed by atoms with E-state index in [0.29, 0.717) is 4.32 Å². The maximum Gasteiger partial charge on any atom is 0.130 e. The quantitative estimate of drug-likeness (QED) is 0.318. The van der Waals surface area contributed by atoms with Crippen molar-refractivity contribution in [2.24, 2.45) is 0 Å². The number of rotatable bonds is 4. The Hall–Kier alpha value is 0.200. The van der Waals surface area contributed by atoms with Gasteiger partial charge in [-0.15, -0.1) is 12.6 Å². The number of hydrogen-bond donors (Lipinski definition) is 3. The molecule has 0 aromatic rings. The zero-order valence-corrected chi connectivity index (χ0v) is 7.19. The van der Waals surface area contributed by atoms with Crippen LogP contribution < -0.4 is 10.6 Å². The SMILES string of the molecule is CNCCCNC(=S)S. The van der Waals surface area contributed by atoms with Crippen LogP contribution in [0.25, 0.3) is 0 Å². The Kier molecular flexibility index (Phi) is 6.46. The summed E-state index contributed by atoms with van der Waals surface area (Å²) in [5, 5.41) is 5.97. The van der Waals surface area contributed by atoms with Crippen molar-refractivity contribution in [3.63, 3.8) is 0 Å². The van der Waals surface area contributed by atoms with Gasteiger partial charge in [0.25, 0.3) is 0 Å². The first-order valence-corrected chi connectivity index (χ1v) is 3.74. The van der Waals surface area contributed by atoms with Gasteiger partial charge in [0.2, 0.25) is 0 Å². The molecule has 0 amide bonds. The highest BCUT2D eigenvalue weighted by Crippen LogP contribution is 1.78. The fourth-order valence-corrected chi connectivity index (χ4v) is 0.674. The van der Waals surface area contributed by atoms with Crippen LogP contribution in [0.5, 0.6) is 0 Å². The Balaban J connectivity index is 2.83. The maximum absolute atomic E-state index is 4.68. The van der Waals surface area contributed by atoms with Crippen LogP contribution in [0.15, 0.2) is 0 Å². The van der Waals surface area contributed by atoms with Crippen LogP contribution in [-0.2, 0) is 0 Å². The maximum atomic E-state index is 4.68. The molecule has 0 aliphatic rings. The van der Waals surface area contributed by atoms with Crippen LogP contribution in [0, 0.1) is 0 Å². The molecule has 9 heavy (non-hydrogen) atoms. The fraction of sp³-hybridized carbons (Fsp3) is 0.800. The molecule has 0 unspecified atom stereocenters. The van der Waals surface area contributed by atoms with Gasteiger partial charge in [0.15, 0.2) is 0 Å². The molecule has 0 radical (unpaired) electrons. The summed E-state index contributed by atoms with van der Waals surface area (Å²) in [6, 6.07) is 0. The summed E-state index contributed by atoms with van der Waals surface area (Å²) in [5.41, 5.74) is 0. The molecule has 2 N–H and O–H groups in total. The van der Waals surface area contributed by atoms with E-state index in [9.17, 15) is 0 Å². The lowest BCUT2D eigenvalue weighted by molar-refractivity contribution is 0.709. The summed E-state index contributed by atoms with van der Waals surface area (Å²) >= 11 is 8.58. The second-order valence-electron chi connectivity index (χ2n) is 1.69. The van der Waals surface area contributed by atoms with E-state index in [2.05, 4.69) is 35.5 Å². The van der Waals surface area contributed by atoms with Crippen LogP contribution in [0.2, 0.25) is 0 Å². The van der Waals surface area contributed by atoms with Gasteiger partial charge in [-0.1, -0.05) is 12.2 Å². The van der Waals surface area contributed by atoms with Gasteiger partial charge in [-0.2, -0.15) is 0 Å². The smallest absolute Gasteiger partial charge is 0.130 e. The third kappa shape index (κ3) is 8.20. The Morgan fingerprint density at radius 1 is 1.56 bits per heavy atom. The minimum atomic E-state index is 0.575. The topological polar surface area (TPSA) is 24.1 Å². The van der Waals surface area contributed by atoms with Gasteiger partial charge < -0.3 is 10.6 Å². The molecule has 0 atom stereocenters. The first-order valence-electron chi connectivity index (χ1n) is 2.88. The summed E-state index contributed by atoms with van der Waals surface area (Å²) in [5.74, 6) is 0. The molecule has 0 bridgehead atoms. The molecule has 0 aliphatic carbocycles. The third-order valence-electron chi connectivity index (χ3n) is 0.880. The van der Waals surface area contributed by atoms with E-state index in [-0.39, 0.29) is 0 Å². The predicted molar refractivity (Wildman–Crippen MR) is 48.1 cm³/mol. The van der Waals surface area contributed by atoms with Crippen LogP contribution >= 0.6 is 24.8 Å². The molecular formula is C5H12N2S2. The molecule has 0 aliphatic heterocycles. The average Bonchev–Trinajstić information content (AvgIpc) is 1.80. The van der Waals surface area contributed by atoms with E-state index in [1.54, 1.807) is 0 Å². The van der Waals surface area contributed by atoms with E-state index in [4.69, 9.17) is 0 Å². The Morgan fingerprint density at radius 2 is 2.22 bits per heavy atom. The number of hydrogen-bond acceptors (Lipinski definition) is 2. The third-order valence-corrected chi connectivity index (χ3v) is 1.18. The van der Waals surface area contributed by atoms with Gasteiger partial charge >= 0.3 is 0 Å². The highest BCUT2D eigenvalue weighted by atomic mass is 32.1. The lowest BCUT2D eigenvalue weighted by Gasteiger charge is -2.00. The zero-order chi connectivity index (χ0) is 7.11. The largest absolute Gasteiger partial charge is 0.371 e. The fourth-order valence-electron chi connectivity index (χ4n) is 0.460. The molecule has 0 spiro atoms. The minimum Gasteiger partial charge on any atom is -0.371 e. The molecule has 0 saturated carbocycles. The molecule has 0 aromatic heterocycles. The predicted octanol–water partition coefficient (Wildman–Crippen LogP) is 0.400. The highest BCUT2D eigenvalue weighted by molar-refractivity contribution is 8.11. The van der Waals surface area contributed by atoms with Gasteiger partial charge in [-0.25, -0.2) is 0 Å². The van der Waals surface area contributed by atoms with E-state index in [0.717, 1.165) is 19.5 Å². The van der Waals surface area contributed by atoms with Gasteiger partial charge in [0, 0.05) is 6.54 Å². The van der Waals surface area contributed by atoms with Crippen molar-refractivity contribution >= 4 is 29.2 Å². The molecule has 2 nitrogen and oxygen atoms in total.